The summed E-state index contributed by atoms with van der Waals surface area (Å²) in [5, 5.41) is 0. The van der Waals surface area contributed by atoms with Gasteiger partial charge in [0.25, 0.3) is 0 Å². The first-order valence-electron chi connectivity index (χ1n) is 8.31. The maximum atomic E-state index is 12.4. The summed E-state index contributed by atoms with van der Waals surface area (Å²) in [6, 6.07) is 5.11. The molecule has 126 valence electrons. The zero-order valence-corrected chi connectivity index (χ0v) is 14.7. The second-order valence-electron chi connectivity index (χ2n) is 6.76. The van der Waals surface area contributed by atoms with Crippen LogP contribution in [-0.4, -0.2) is 26.4 Å². The number of anilines is 1. The average molecular weight is 336 g/mol. The van der Waals surface area contributed by atoms with Gasteiger partial charge in [-0.25, -0.2) is 13.1 Å². The average Bonchev–Trinajstić information content (AvgIpc) is 3.28. The normalized spacial score (nSPS) is 22.0. The van der Waals surface area contributed by atoms with Crippen molar-refractivity contribution in [3.05, 3.63) is 23.8 Å². The lowest BCUT2D eigenvalue weighted by atomic mass is 10.1. The molecule has 0 spiro atoms. The van der Waals surface area contributed by atoms with Gasteiger partial charge in [-0.1, -0.05) is 6.92 Å². The molecule has 1 fully saturated rings. The van der Waals surface area contributed by atoms with E-state index in [1.165, 1.54) is 0 Å². The first-order valence-corrected chi connectivity index (χ1v) is 9.80. The third-order valence-corrected chi connectivity index (χ3v) is 6.30. The minimum absolute atomic E-state index is 0.0959. The first-order chi connectivity index (χ1) is 10.8. The van der Waals surface area contributed by atoms with Crippen molar-refractivity contribution >= 4 is 21.6 Å². The molecular formula is C17H24N2O3S. The number of benzene rings is 1. The Balaban J connectivity index is 1.89. The van der Waals surface area contributed by atoms with Gasteiger partial charge in [0.05, 0.1) is 4.90 Å². The van der Waals surface area contributed by atoms with E-state index >= 15 is 0 Å². The molecule has 0 aromatic heterocycles. The molecule has 2 aliphatic rings. The number of fused-ring (bicyclic) bond motifs is 1. The van der Waals surface area contributed by atoms with Crippen LogP contribution in [0.5, 0.6) is 0 Å². The Morgan fingerprint density at radius 1 is 1.39 bits per heavy atom. The third kappa shape index (κ3) is 3.15. The number of hydrogen-bond acceptors (Lipinski definition) is 3. The van der Waals surface area contributed by atoms with Gasteiger partial charge in [-0.2, -0.15) is 0 Å². The van der Waals surface area contributed by atoms with E-state index in [2.05, 4.69) is 4.72 Å². The minimum atomic E-state index is -3.51. The molecule has 1 N–H and O–H groups in total. The summed E-state index contributed by atoms with van der Waals surface area (Å²) >= 11 is 0. The quantitative estimate of drug-likeness (QED) is 0.898. The molecule has 6 heteroatoms. The molecule has 3 rings (SSSR count). The smallest absolute Gasteiger partial charge is 0.240 e. The van der Waals surface area contributed by atoms with Crippen molar-refractivity contribution in [2.75, 3.05) is 4.90 Å². The van der Waals surface area contributed by atoms with Crippen molar-refractivity contribution in [2.24, 2.45) is 5.92 Å². The molecule has 0 saturated heterocycles. The summed E-state index contributed by atoms with van der Waals surface area (Å²) in [4.78, 5) is 14.6. The van der Waals surface area contributed by atoms with E-state index in [0.717, 1.165) is 30.5 Å². The predicted molar refractivity (Wildman–Crippen MR) is 89.9 cm³/mol. The summed E-state index contributed by atoms with van der Waals surface area (Å²) in [5.41, 5.74) is 1.82. The maximum Gasteiger partial charge on any atom is 0.240 e. The fraction of sp³-hybridized carbons (Fsp3) is 0.588. The number of rotatable bonds is 5. The highest BCUT2D eigenvalue weighted by molar-refractivity contribution is 7.89. The van der Waals surface area contributed by atoms with E-state index in [0.29, 0.717) is 6.42 Å². The molecule has 5 nitrogen and oxygen atoms in total. The van der Waals surface area contributed by atoms with Crippen molar-refractivity contribution in [3.8, 4) is 0 Å². The van der Waals surface area contributed by atoms with Gasteiger partial charge in [-0.3, -0.25) is 4.79 Å². The van der Waals surface area contributed by atoms with E-state index < -0.39 is 10.0 Å². The van der Waals surface area contributed by atoms with Gasteiger partial charge < -0.3 is 4.90 Å². The molecule has 1 aromatic carbocycles. The van der Waals surface area contributed by atoms with Gasteiger partial charge in [-0.15, -0.1) is 0 Å². The van der Waals surface area contributed by atoms with Crippen LogP contribution in [0.2, 0.25) is 0 Å². The maximum absolute atomic E-state index is 12.4. The van der Waals surface area contributed by atoms with E-state index in [1.807, 2.05) is 25.7 Å². The highest BCUT2D eigenvalue weighted by Crippen LogP contribution is 2.39. The van der Waals surface area contributed by atoms with Gasteiger partial charge in [0, 0.05) is 23.7 Å². The van der Waals surface area contributed by atoms with Gasteiger partial charge in [0.1, 0.15) is 0 Å². The molecule has 1 aliphatic heterocycles. The molecule has 0 bridgehead atoms. The van der Waals surface area contributed by atoms with Crippen LogP contribution >= 0.6 is 0 Å². The van der Waals surface area contributed by atoms with Crippen LogP contribution in [0.1, 0.15) is 45.6 Å². The summed E-state index contributed by atoms with van der Waals surface area (Å²) in [7, 11) is -3.51. The molecule has 23 heavy (non-hydrogen) atoms. The fourth-order valence-electron chi connectivity index (χ4n) is 3.05. The van der Waals surface area contributed by atoms with Crippen LogP contribution in [-0.2, 0) is 21.2 Å². The lowest BCUT2D eigenvalue weighted by Gasteiger charge is -2.22. The van der Waals surface area contributed by atoms with Crippen LogP contribution in [0.3, 0.4) is 0 Å². The Morgan fingerprint density at radius 2 is 2.09 bits per heavy atom. The predicted octanol–water partition coefficient (Wildman–Crippen LogP) is 2.45. The molecule has 1 aliphatic carbocycles. The van der Waals surface area contributed by atoms with Crippen molar-refractivity contribution in [1.82, 2.24) is 4.72 Å². The number of nitrogens with one attached hydrogen (secondary N) is 1. The molecule has 1 saturated carbocycles. The Kier molecular flexibility index (Phi) is 4.23. The third-order valence-electron chi connectivity index (χ3n) is 4.71. The largest absolute Gasteiger partial charge is 0.309 e. The van der Waals surface area contributed by atoms with Crippen LogP contribution < -0.4 is 9.62 Å². The summed E-state index contributed by atoms with van der Waals surface area (Å²) in [6.45, 7) is 5.81. The molecule has 1 heterocycles. The standard InChI is InChI=1S/C17H24N2O3S/c1-4-11(2)18-23(21,22)15-7-8-16-14(10-15)9-12(3)19(16)17(20)13-5-6-13/h7-8,10-13,18H,4-6,9H2,1-3H3. The van der Waals surface area contributed by atoms with Crippen molar-refractivity contribution in [1.29, 1.82) is 0 Å². The fourth-order valence-corrected chi connectivity index (χ4v) is 4.43. The second-order valence-corrected chi connectivity index (χ2v) is 8.47. The van der Waals surface area contributed by atoms with E-state index in [9.17, 15) is 13.2 Å². The van der Waals surface area contributed by atoms with Gasteiger partial charge >= 0.3 is 0 Å². The summed E-state index contributed by atoms with van der Waals surface area (Å²) in [6.07, 6.45) is 3.40. The number of amides is 1. The molecule has 1 aromatic rings. The number of carbonyl (C=O) groups excluding carboxylic acids is 1. The Labute approximate surface area is 138 Å². The highest BCUT2D eigenvalue weighted by atomic mass is 32.2. The van der Waals surface area contributed by atoms with Crippen LogP contribution in [0.25, 0.3) is 0 Å². The van der Waals surface area contributed by atoms with E-state index in [1.54, 1.807) is 18.2 Å². The summed E-state index contributed by atoms with van der Waals surface area (Å²) < 4.78 is 27.5. The minimum Gasteiger partial charge on any atom is -0.309 e. The number of carbonyl (C=O) groups is 1. The molecule has 1 amide bonds. The lowest BCUT2D eigenvalue weighted by molar-refractivity contribution is -0.120. The van der Waals surface area contributed by atoms with Crippen molar-refractivity contribution < 1.29 is 13.2 Å². The molecule has 2 atom stereocenters. The molecule has 0 radical (unpaired) electrons. The Hall–Kier alpha value is -1.40. The second kappa shape index (κ2) is 5.91. The number of hydrogen-bond donors (Lipinski definition) is 1. The van der Waals surface area contributed by atoms with E-state index in [-0.39, 0.29) is 28.8 Å². The summed E-state index contributed by atoms with van der Waals surface area (Å²) in [5.74, 6) is 0.350. The topological polar surface area (TPSA) is 66.5 Å². The lowest BCUT2D eigenvalue weighted by Crippen LogP contribution is -2.36. The number of sulfonamides is 1. The number of nitrogens with zero attached hydrogens (tertiary/aromatic N) is 1. The van der Waals surface area contributed by atoms with Gasteiger partial charge in [0.2, 0.25) is 15.9 Å². The van der Waals surface area contributed by atoms with Crippen molar-refractivity contribution in [2.45, 2.75) is 63.4 Å². The molecule has 2 unspecified atom stereocenters. The zero-order valence-electron chi connectivity index (χ0n) is 13.9. The highest BCUT2D eigenvalue weighted by Gasteiger charge is 2.39. The Morgan fingerprint density at radius 3 is 2.70 bits per heavy atom. The van der Waals surface area contributed by atoms with Crippen LogP contribution in [0, 0.1) is 5.92 Å². The molecular weight excluding hydrogens is 312 g/mol. The van der Waals surface area contributed by atoms with Crippen LogP contribution in [0.4, 0.5) is 5.69 Å². The van der Waals surface area contributed by atoms with E-state index in [4.69, 9.17) is 0 Å². The van der Waals surface area contributed by atoms with Gasteiger partial charge in [0.15, 0.2) is 0 Å². The Bertz CT molecular complexity index is 725. The van der Waals surface area contributed by atoms with Gasteiger partial charge in [-0.05, 0) is 63.3 Å². The SMILES string of the molecule is CCC(C)NS(=O)(=O)c1ccc2c(c1)CC(C)N2C(=O)C1CC1. The van der Waals surface area contributed by atoms with Crippen molar-refractivity contribution in [3.63, 3.8) is 0 Å². The van der Waals surface area contributed by atoms with Crippen LogP contribution in [0.15, 0.2) is 23.1 Å². The first kappa shape index (κ1) is 16.5. The zero-order chi connectivity index (χ0) is 16.8. The monoisotopic (exact) mass is 336 g/mol.